The van der Waals surface area contributed by atoms with Gasteiger partial charge < -0.3 is 15.5 Å². The Labute approximate surface area is 110 Å². The number of benzene rings is 1. The van der Waals surface area contributed by atoms with Crippen LogP contribution in [0.1, 0.15) is 34.8 Å². The van der Waals surface area contributed by atoms with Crippen LogP contribution >= 0.6 is 0 Å². The Balaban J connectivity index is 2.22. The Morgan fingerprint density at radius 1 is 1.37 bits per heavy atom. The van der Waals surface area contributed by atoms with Crippen LogP contribution in [0.5, 0.6) is 0 Å². The largest absolute Gasteiger partial charge is 0.464 e. The molecule has 1 atom stereocenters. The van der Waals surface area contributed by atoms with Gasteiger partial charge in [0.05, 0.1) is 11.7 Å². The molecule has 1 unspecified atom stereocenters. The zero-order valence-electron chi connectivity index (χ0n) is 10.7. The summed E-state index contributed by atoms with van der Waals surface area (Å²) in [6, 6.07) is 7.40. The Hall–Kier alpha value is -2.30. The van der Waals surface area contributed by atoms with Gasteiger partial charge in [-0.25, -0.2) is 4.39 Å². The first-order chi connectivity index (χ1) is 8.97. The van der Waals surface area contributed by atoms with Crippen molar-refractivity contribution in [2.24, 2.45) is 5.73 Å². The third-order valence-electron chi connectivity index (χ3n) is 2.81. The van der Waals surface area contributed by atoms with E-state index in [1.165, 1.54) is 18.2 Å². The Morgan fingerprint density at radius 2 is 2.11 bits per heavy atom. The molecule has 1 heterocycles. The number of anilines is 1. The molecule has 1 aromatic carbocycles. The lowest BCUT2D eigenvalue weighted by Gasteiger charge is -2.14. The number of hydrogen-bond donors (Lipinski definition) is 2. The molecule has 0 saturated carbocycles. The van der Waals surface area contributed by atoms with Crippen molar-refractivity contribution in [1.29, 1.82) is 0 Å². The second kappa shape index (κ2) is 5.14. The van der Waals surface area contributed by atoms with Crippen LogP contribution in [0.4, 0.5) is 10.1 Å². The summed E-state index contributed by atoms with van der Waals surface area (Å²) >= 11 is 0. The number of nitrogens with two attached hydrogens (primary N) is 1. The third-order valence-corrected chi connectivity index (χ3v) is 2.81. The van der Waals surface area contributed by atoms with Crippen molar-refractivity contribution in [3.8, 4) is 0 Å². The minimum absolute atomic E-state index is 0.216. The number of primary amides is 1. The summed E-state index contributed by atoms with van der Waals surface area (Å²) in [5, 5.41) is 2.96. The van der Waals surface area contributed by atoms with E-state index in [4.69, 9.17) is 10.2 Å². The molecule has 2 rings (SSSR count). The summed E-state index contributed by atoms with van der Waals surface area (Å²) in [5.74, 6) is 0.445. The SMILES string of the molecule is Cc1ccc(C(C)Nc2cc(C(N)=O)ccc2F)o1. The fourth-order valence-electron chi connectivity index (χ4n) is 1.78. The highest BCUT2D eigenvalue weighted by atomic mass is 19.1. The van der Waals surface area contributed by atoms with E-state index in [1.54, 1.807) is 0 Å². The molecule has 1 amide bonds. The first-order valence-corrected chi connectivity index (χ1v) is 5.89. The van der Waals surface area contributed by atoms with Crippen LogP contribution in [0.3, 0.4) is 0 Å². The van der Waals surface area contributed by atoms with E-state index in [9.17, 15) is 9.18 Å². The first-order valence-electron chi connectivity index (χ1n) is 5.89. The topological polar surface area (TPSA) is 68.3 Å². The minimum atomic E-state index is -0.593. The van der Waals surface area contributed by atoms with Crippen molar-refractivity contribution in [2.75, 3.05) is 5.32 Å². The molecule has 100 valence electrons. The van der Waals surface area contributed by atoms with Gasteiger partial charge in [-0.1, -0.05) is 0 Å². The average Bonchev–Trinajstić information content (AvgIpc) is 2.78. The Bertz CT molecular complexity index is 607. The lowest BCUT2D eigenvalue weighted by Crippen LogP contribution is -2.13. The number of carbonyl (C=O) groups excluding carboxylic acids is 1. The molecule has 0 bridgehead atoms. The van der Waals surface area contributed by atoms with Crippen molar-refractivity contribution < 1.29 is 13.6 Å². The number of rotatable bonds is 4. The van der Waals surface area contributed by atoms with Crippen LogP contribution in [0, 0.1) is 12.7 Å². The van der Waals surface area contributed by atoms with Gasteiger partial charge >= 0.3 is 0 Å². The van der Waals surface area contributed by atoms with Gasteiger partial charge in [0, 0.05) is 5.56 Å². The highest BCUT2D eigenvalue weighted by Gasteiger charge is 2.13. The van der Waals surface area contributed by atoms with Crippen molar-refractivity contribution in [1.82, 2.24) is 0 Å². The number of carbonyl (C=O) groups is 1. The molecule has 0 radical (unpaired) electrons. The smallest absolute Gasteiger partial charge is 0.248 e. The second-order valence-corrected chi connectivity index (χ2v) is 4.37. The summed E-state index contributed by atoms with van der Waals surface area (Å²) in [7, 11) is 0. The van der Waals surface area contributed by atoms with Crippen molar-refractivity contribution in [3.05, 3.63) is 53.2 Å². The van der Waals surface area contributed by atoms with E-state index in [2.05, 4.69) is 5.32 Å². The van der Waals surface area contributed by atoms with Gasteiger partial charge in [0.2, 0.25) is 5.91 Å². The van der Waals surface area contributed by atoms with Crippen LogP contribution in [-0.2, 0) is 0 Å². The quantitative estimate of drug-likeness (QED) is 0.890. The van der Waals surface area contributed by atoms with Gasteiger partial charge in [0.15, 0.2) is 0 Å². The first kappa shape index (κ1) is 13.1. The number of hydrogen-bond acceptors (Lipinski definition) is 3. The van der Waals surface area contributed by atoms with Gasteiger partial charge in [0.1, 0.15) is 17.3 Å². The van der Waals surface area contributed by atoms with Gasteiger partial charge in [-0.15, -0.1) is 0 Å². The van der Waals surface area contributed by atoms with E-state index in [-0.39, 0.29) is 17.3 Å². The summed E-state index contributed by atoms with van der Waals surface area (Å²) < 4.78 is 19.1. The molecule has 0 aliphatic carbocycles. The minimum Gasteiger partial charge on any atom is -0.464 e. The lowest BCUT2D eigenvalue weighted by molar-refractivity contribution is 0.100. The number of nitrogens with one attached hydrogen (secondary N) is 1. The normalized spacial score (nSPS) is 12.2. The molecule has 0 aliphatic heterocycles. The molecule has 0 saturated heterocycles. The standard InChI is InChI=1S/C14H15FN2O2/c1-8-3-6-13(19-8)9(2)17-12-7-10(14(16)18)4-5-11(12)15/h3-7,9,17H,1-2H3,(H2,16,18). The zero-order chi connectivity index (χ0) is 14.0. The van der Waals surface area contributed by atoms with Crippen LogP contribution < -0.4 is 11.1 Å². The fourth-order valence-corrected chi connectivity index (χ4v) is 1.78. The summed E-state index contributed by atoms with van der Waals surface area (Å²) in [6.45, 7) is 3.68. The maximum atomic E-state index is 13.7. The van der Waals surface area contributed by atoms with Gasteiger partial charge in [-0.3, -0.25) is 4.79 Å². The molecule has 5 heteroatoms. The highest BCUT2D eigenvalue weighted by molar-refractivity contribution is 5.93. The zero-order valence-corrected chi connectivity index (χ0v) is 10.7. The molecule has 3 N–H and O–H groups in total. The van der Waals surface area contributed by atoms with Gasteiger partial charge in [0.25, 0.3) is 0 Å². The van der Waals surface area contributed by atoms with Crippen LogP contribution in [0.25, 0.3) is 0 Å². The predicted molar refractivity (Wildman–Crippen MR) is 70.4 cm³/mol. The Morgan fingerprint density at radius 3 is 2.68 bits per heavy atom. The number of halogens is 1. The highest BCUT2D eigenvalue weighted by Crippen LogP contribution is 2.24. The molecular weight excluding hydrogens is 247 g/mol. The molecule has 19 heavy (non-hydrogen) atoms. The van der Waals surface area contributed by atoms with Gasteiger partial charge in [-0.05, 0) is 44.2 Å². The number of furan rings is 1. The lowest BCUT2D eigenvalue weighted by atomic mass is 10.1. The van der Waals surface area contributed by atoms with Crippen LogP contribution in [0.2, 0.25) is 0 Å². The maximum absolute atomic E-state index is 13.7. The van der Waals surface area contributed by atoms with E-state index < -0.39 is 11.7 Å². The molecule has 0 fully saturated rings. The molecular formula is C14H15FN2O2. The van der Waals surface area contributed by atoms with E-state index in [0.29, 0.717) is 5.76 Å². The number of aryl methyl sites for hydroxylation is 1. The molecule has 0 spiro atoms. The monoisotopic (exact) mass is 262 g/mol. The van der Waals surface area contributed by atoms with E-state index in [0.717, 1.165) is 5.76 Å². The predicted octanol–water partition coefficient (Wildman–Crippen LogP) is 3.00. The van der Waals surface area contributed by atoms with Crippen LogP contribution in [-0.4, -0.2) is 5.91 Å². The van der Waals surface area contributed by atoms with E-state index in [1.807, 2.05) is 26.0 Å². The van der Waals surface area contributed by atoms with Crippen LogP contribution in [0.15, 0.2) is 34.7 Å². The average molecular weight is 262 g/mol. The van der Waals surface area contributed by atoms with Crippen molar-refractivity contribution in [2.45, 2.75) is 19.9 Å². The van der Waals surface area contributed by atoms with Crippen molar-refractivity contribution >= 4 is 11.6 Å². The summed E-state index contributed by atoms with van der Waals surface area (Å²) in [4.78, 5) is 11.1. The molecule has 0 aliphatic rings. The maximum Gasteiger partial charge on any atom is 0.248 e. The molecule has 2 aromatic rings. The summed E-state index contributed by atoms with van der Waals surface area (Å²) in [6.07, 6.45) is 0. The van der Waals surface area contributed by atoms with Crippen molar-refractivity contribution in [3.63, 3.8) is 0 Å². The second-order valence-electron chi connectivity index (χ2n) is 4.37. The van der Waals surface area contributed by atoms with E-state index >= 15 is 0 Å². The number of amides is 1. The fraction of sp³-hybridized carbons (Fsp3) is 0.214. The Kier molecular flexibility index (Phi) is 3.55. The van der Waals surface area contributed by atoms with Gasteiger partial charge in [-0.2, -0.15) is 0 Å². The molecule has 4 nitrogen and oxygen atoms in total. The third kappa shape index (κ3) is 2.93. The molecule has 1 aromatic heterocycles. The summed E-state index contributed by atoms with van der Waals surface area (Å²) in [5.41, 5.74) is 5.65.